The Kier molecular flexibility index (Phi) is 11.3. The molecule has 8 nitrogen and oxygen atoms in total. The quantitative estimate of drug-likeness (QED) is 0.390. The molecule has 2 saturated heterocycles. The minimum atomic E-state index is -1.77. The Hall–Kier alpha value is -1.43. The number of piperidine rings is 1. The third-order valence-corrected chi connectivity index (χ3v) is 8.62. The van der Waals surface area contributed by atoms with Crippen LogP contribution in [0.3, 0.4) is 0 Å². The van der Waals surface area contributed by atoms with Gasteiger partial charge in [0.15, 0.2) is 5.60 Å². The van der Waals surface area contributed by atoms with Crippen molar-refractivity contribution in [3.63, 3.8) is 0 Å². The SMILES string of the molecule is CN(CCO)C(=O)c1c(Cl)cc(NC2CN(C3CCN(C(=O)[C@@](C)(O)c4cc(Cl)ccc4Cl)CC3)C2)cc1Cl.S. The van der Waals surface area contributed by atoms with Crippen LogP contribution in [-0.2, 0) is 10.4 Å². The average Bonchev–Trinajstić information content (AvgIpc) is 2.86. The van der Waals surface area contributed by atoms with E-state index in [4.69, 9.17) is 51.5 Å². The van der Waals surface area contributed by atoms with E-state index in [1.807, 2.05) is 0 Å². The zero-order valence-electron chi connectivity index (χ0n) is 22.3. The predicted octanol–water partition coefficient (Wildman–Crippen LogP) is 4.47. The summed E-state index contributed by atoms with van der Waals surface area (Å²) in [6, 6.07) is 8.64. The van der Waals surface area contributed by atoms with Crippen molar-refractivity contribution in [2.75, 3.05) is 51.7 Å². The van der Waals surface area contributed by atoms with Gasteiger partial charge in [-0.3, -0.25) is 14.5 Å². The number of aliphatic hydroxyl groups is 2. The van der Waals surface area contributed by atoms with E-state index in [0.29, 0.717) is 34.7 Å². The Labute approximate surface area is 261 Å². The van der Waals surface area contributed by atoms with Gasteiger partial charge < -0.3 is 25.3 Å². The highest BCUT2D eigenvalue weighted by atomic mass is 35.5. The third-order valence-electron chi connectivity index (χ3n) is 7.46. The average molecular weight is 652 g/mol. The summed E-state index contributed by atoms with van der Waals surface area (Å²) in [7, 11) is 1.58. The number of hydrogen-bond donors (Lipinski definition) is 3. The van der Waals surface area contributed by atoms with E-state index in [0.717, 1.165) is 31.6 Å². The molecule has 2 fully saturated rings. The Balaban J connectivity index is 0.00000441. The molecule has 0 radical (unpaired) electrons. The number of carbonyl (C=O) groups excluding carboxylic acids is 2. The zero-order valence-corrected chi connectivity index (χ0v) is 26.3. The molecule has 1 atom stereocenters. The van der Waals surface area contributed by atoms with E-state index in [9.17, 15) is 14.7 Å². The Morgan fingerprint density at radius 3 is 2.23 bits per heavy atom. The maximum Gasteiger partial charge on any atom is 0.258 e. The van der Waals surface area contributed by atoms with E-state index >= 15 is 0 Å². The second-order valence-corrected chi connectivity index (χ2v) is 11.9. The number of aliphatic hydroxyl groups excluding tert-OH is 1. The van der Waals surface area contributed by atoms with Crippen molar-refractivity contribution in [3.05, 3.63) is 61.5 Å². The van der Waals surface area contributed by atoms with Crippen LogP contribution in [-0.4, -0.2) is 95.2 Å². The molecule has 0 spiro atoms. The van der Waals surface area contributed by atoms with Gasteiger partial charge in [-0.2, -0.15) is 13.5 Å². The molecule has 0 saturated carbocycles. The van der Waals surface area contributed by atoms with Crippen LogP contribution in [0.15, 0.2) is 30.3 Å². The summed E-state index contributed by atoms with van der Waals surface area (Å²) in [5.74, 6) is -0.728. The maximum absolute atomic E-state index is 13.2. The van der Waals surface area contributed by atoms with Crippen molar-refractivity contribution in [1.29, 1.82) is 0 Å². The highest BCUT2D eigenvalue weighted by molar-refractivity contribution is 7.59. The van der Waals surface area contributed by atoms with Crippen LogP contribution in [0.4, 0.5) is 5.69 Å². The molecule has 2 aromatic carbocycles. The summed E-state index contributed by atoms with van der Waals surface area (Å²) in [6.45, 7) is 4.22. The van der Waals surface area contributed by atoms with E-state index in [2.05, 4.69) is 10.2 Å². The minimum absolute atomic E-state index is 0. The first-order chi connectivity index (χ1) is 18.4. The molecule has 2 aromatic rings. The van der Waals surface area contributed by atoms with E-state index in [1.165, 1.54) is 17.9 Å². The standard InChI is InChI=1S/C27H32Cl4N4O4.H2S/c1-27(39,20-11-16(28)3-4-21(20)29)26(38)34-7-5-19(6-8-34)35-14-18(15-35)32-17-12-22(30)24(23(31)13-17)25(37)33(2)9-10-36;/h3-4,11-13,18-19,32,36,39H,5-10,14-15H2,1-2H3;1H2/t27-;/m0./s1. The summed E-state index contributed by atoms with van der Waals surface area (Å²) < 4.78 is 0. The van der Waals surface area contributed by atoms with Crippen molar-refractivity contribution >= 4 is 77.4 Å². The maximum atomic E-state index is 13.2. The molecule has 2 amide bonds. The van der Waals surface area contributed by atoms with Crippen molar-refractivity contribution in [2.24, 2.45) is 0 Å². The van der Waals surface area contributed by atoms with Gasteiger partial charge in [0.05, 0.1) is 28.3 Å². The molecule has 4 rings (SSSR count). The zero-order chi connectivity index (χ0) is 28.5. The summed E-state index contributed by atoms with van der Waals surface area (Å²) in [4.78, 5) is 31.2. The van der Waals surface area contributed by atoms with E-state index < -0.39 is 5.60 Å². The lowest BCUT2D eigenvalue weighted by atomic mass is 9.92. The van der Waals surface area contributed by atoms with Crippen LogP contribution in [0, 0.1) is 0 Å². The lowest BCUT2D eigenvalue weighted by Crippen LogP contribution is -2.61. The fraction of sp³-hybridized carbons (Fsp3) is 0.481. The highest BCUT2D eigenvalue weighted by Gasteiger charge is 2.41. The fourth-order valence-corrected chi connectivity index (χ4v) is 6.29. The summed E-state index contributed by atoms with van der Waals surface area (Å²) in [6.07, 6.45) is 1.60. The van der Waals surface area contributed by atoms with Crippen molar-refractivity contribution in [3.8, 4) is 0 Å². The number of anilines is 1. The molecule has 40 heavy (non-hydrogen) atoms. The first-order valence-corrected chi connectivity index (χ1v) is 14.3. The van der Waals surface area contributed by atoms with Crippen molar-refractivity contribution < 1.29 is 19.8 Å². The van der Waals surface area contributed by atoms with Crippen molar-refractivity contribution in [1.82, 2.24) is 14.7 Å². The second-order valence-electron chi connectivity index (χ2n) is 10.3. The van der Waals surface area contributed by atoms with Gasteiger partial charge in [0.2, 0.25) is 0 Å². The van der Waals surface area contributed by atoms with Gasteiger partial charge in [0.1, 0.15) is 0 Å². The molecular formula is C27H34Cl4N4O4S. The van der Waals surface area contributed by atoms with Gasteiger partial charge in [-0.25, -0.2) is 0 Å². The number of nitrogens with one attached hydrogen (secondary N) is 1. The van der Waals surface area contributed by atoms with Crippen LogP contribution >= 0.6 is 59.9 Å². The van der Waals surface area contributed by atoms with Crippen LogP contribution in [0.1, 0.15) is 35.7 Å². The summed E-state index contributed by atoms with van der Waals surface area (Å²) >= 11 is 25.1. The van der Waals surface area contributed by atoms with Gasteiger partial charge in [-0.05, 0) is 50.1 Å². The molecule has 0 aromatic heterocycles. The van der Waals surface area contributed by atoms with Gasteiger partial charge in [0.25, 0.3) is 11.8 Å². The number of likely N-dealkylation sites (N-methyl/N-ethyl adjacent to an activating group) is 1. The van der Waals surface area contributed by atoms with Crippen LogP contribution in [0.2, 0.25) is 20.1 Å². The van der Waals surface area contributed by atoms with Gasteiger partial charge in [-0.1, -0.05) is 46.4 Å². The van der Waals surface area contributed by atoms with E-state index in [-0.39, 0.29) is 60.1 Å². The van der Waals surface area contributed by atoms with E-state index in [1.54, 1.807) is 36.2 Å². The number of benzene rings is 2. The normalized spacial score (nSPS) is 17.9. The molecule has 220 valence electrons. The topological polar surface area (TPSA) is 96.4 Å². The molecule has 2 aliphatic heterocycles. The Morgan fingerprint density at radius 1 is 1.05 bits per heavy atom. The molecular weight excluding hydrogens is 618 g/mol. The molecule has 0 unspecified atom stereocenters. The fourth-order valence-electron chi connectivity index (χ4n) is 5.17. The molecule has 0 bridgehead atoms. The van der Waals surface area contributed by atoms with Gasteiger partial charge >= 0.3 is 0 Å². The monoisotopic (exact) mass is 650 g/mol. The van der Waals surface area contributed by atoms with Crippen molar-refractivity contribution in [2.45, 2.75) is 37.5 Å². The summed E-state index contributed by atoms with van der Waals surface area (Å²) in [5.41, 5.74) is -0.515. The number of amides is 2. The predicted molar refractivity (Wildman–Crippen MR) is 166 cm³/mol. The second kappa shape index (κ2) is 13.7. The summed E-state index contributed by atoms with van der Waals surface area (Å²) in [5, 5.41) is 24.8. The lowest BCUT2D eigenvalue weighted by Gasteiger charge is -2.48. The van der Waals surface area contributed by atoms with Crippen LogP contribution < -0.4 is 5.32 Å². The number of nitrogens with zero attached hydrogens (tertiary/aromatic N) is 3. The van der Waals surface area contributed by atoms with Gasteiger partial charge in [-0.15, -0.1) is 0 Å². The lowest BCUT2D eigenvalue weighted by molar-refractivity contribution is -0.152. The number of carbonyl (C=O) groups is 2. The first kappa shape index (κ1) is 33.1. The number of rotatable bonds is 8. The third kappa shape index (κ3) is 7.13. The number of halogens is 4. The van der Waals surface area contributed by atoms with Crippen LogP contribution in [0.5, 0.6) is 0 Å². The molecule has 3 N–H and O–H groups in total. The van der Waals surface area contributed by atoms with Crippen LogP contribution in [0.25, 0.3) is 0 Å². The van der Waals surface area contributed by atoms with Gasteiger partial charge in [0, 0.05) is 67.1 Å². The molecule has 2 heterocycles. The molecule has 0 aliphatic carbocycles. The number of likely N-dealkylation sites (tertiary alicyclic amines) is 2. The number of hydrogen-bond acceptors (Lipinski definition) is 6. The molecule has 13 heteroatoms. The minimum Gasteiger partial charge on any atom is -0.395 e. The first-order valence-electron chi connectivity index (χ1n) is 12.8. The Morgan fingerprint density at radius 2 is 1.65 bits per heavy atom. The Bertz CT molecular complexity index is 1210. The molecule has 2 aliphatic rings. The largest absolute Gasteiger partial charge is 0.395 e. The smallest absolute Gasteiger partial charge is 0.258 e. The highest BCUT2D eigenvalue weighted by Crippen LogP contribution is 2.34.